The quantitative estimate of drug-likeness (QED) is 0.166. The maximum atomic E-state index is 14.1. The molecular weight excluding hydrogens is 606 g/mol. The van der Waals surface area contributed by atoms with E-state index in [9.17, 15) is 34.6 Å². The van der Waals surface area contributed by atoms with E-state index in [0.29, 0.717) is 17.0 Å². The SMILES string of the molecule is COC(=O)C1=C(N)n2c(s/c(=C/c3cccc([N+](=O)[O-])c3)c2=O)=C(C(=O)Nc2ccc(OC)cc2)C1c1cccc([N+](=O)[O-])c1. The average Bonchev–Trinajstić information content (AvgIpc) is 3.36. The van der Waals surface area contributed by atoms with Gasteiger partial charge in [0, 0.05) is 30.0 Å². The van der Waals surface area contributed by atoms with Crippen LogP contribution in [0.2, 0.25) is 0 Å². The lowest BCUT2D eigenvalue weighted by Crippen LogP contribution is -2.42. The van der Waals surface area contributed by atoms with Crippen molar-refractivity contribution in [3.63, 3.8) is 0 Å². The highest BCUT2D eigenvalue weighted by Gasteiger charge is 2.39. The number of benzene rings is 3. The van der Waals surface area contributed by atoms with E-state index >= 15 is 0 Å². The number of carbonyl (C=O) groups excluding carboxylic acids is 2. The number of hydrogen-bond acceptors (Lipinski definition) is 11. The maximum Gasteiger partial charge on any atom is 0.338 e. The van der Waals surface area contributed by atoms with Gasteiger partial charge in [-0.15, -0.1) is 11.3 Å². The summed E-state index contributed by atoms with van der Waals surface area (Å²) < 4.78 is 11.3. The molecule has 0 saturated heterocycles. The second-order valence-corrected chi connectivity index (χ2v) is 10.6. The van der Waals surface area contributed by atoms with Gasteiger partial charge in [0.1, 0.15) is 16.2 Å². The Labute approximate surface area is 257 Å². The van der Waals surface area contributed by atoms with Crippen molar-refractivity contribution >= 4 is 57.7 Å². The zero-order chi connectivity index (χ0) is 32.4. The van der Waals surface area contributed by atoms with Crippen LogP contribution in [0.3, 0.4) is 0 Å². The summed E-state index contributed by atoms with van der Waals surface area (Å²) in [6, 6.07) is 17.3. The number of methoxy groups -OCH3 is 2. The molecule has 0 aliphatic carbocycles. The number of nitro groups is 2. The average molecular weight is 630 g/mol. The third kappa shape index (κ3) is 5.79. The number of non-ortho nitro benzene ring substituents is 2. The zero-order valence-electron chi connectivity index (χ0n) is 23.6. The number of fused-ring (bicyclic) bond motifs is 1. The predicted molar refractivity (Wildman–Crippen MR) is 165 cm³/mol. The molecule has 0 radical (unpaired) electrons. The van der Waals surface area contributed by atoms with Gasteiger partial charge in [-0.2, -0.15) is 0 Å². The van der Waals surface area contributed by atoms with E-state index in [0.717, 1.165) is 23.0 Å². The van der Waals surface area contributed by atoms with Crippen LogP contribution >= 0.6 is 11.3 Å². The first-order valence-electron chi connectivity index (χ1n) is 13.0. The summed E-state index contributed by atoms with van der Waals surface area (Å²) in [4.78, 5) is 62.9. The summed E-state index contributed by atoms with van der Waals surface area (Å²) in [5.74, 6) is -2.80. The van der Waals surface area contributed by atoms with Gasteiger partial charge in [0.05, 0.1) is 45.7 Å². The lowest BCUT2D eigenvalue weighted by Gasteiger charge is -2.27. The van der Waals surface area contributed by atoms with Crippen molar-refractivity contribution in [1.29, 1.82) is 0 Å². The van der Waals surface area contributed by atoms with Crippen LogP contribution in [0, 0.1) is 20.2 Å². The molecule has 4 aromatic rings. The van der Waals surface area contributed by atoms with Crippen LogP contribution in [0.15, 0.2) is 83.2 Å². The number of thiazole rings is 1. The molecule has 45 heavy (non-hydrogen) atoms. The van der Waals surface area contributed by atoms with Gasteiger partial charge >= 0.3 is 5.97 Å². The Kier molecular flexibility index (Phi) is 8.27. The highest BCUT2D eigenvalue weighted by molar-refractivity contribution is 7.07. The van der Waals surface area contributed by atoms with Gasteiger partial charge in [0.15, 0.2) is 0 Å². The molecule has 5 rings (SSSR count). The molecule has 3 aromatic carbocycles. The second-order valence-electron chi connectivity index (χ2n) is 9.58. The van der Waals surface area contributed by atoms with Crippen molar-refractivity contribution in [2.75, 3.05) is 19.5 Å². The Bertz CT molecular complexity index is 2100. The largest absolute Gasteiger partial charge is 0.497 e. The molecule has 14 nitrogen and oxygen atoms in total. The van der Waals surface area contributed by atoms with Crippen LogP contribution in [-0.4, -0.2) is 40.5 Å². The first-order valence-corrected chi connectivity index (χ1v) is 13.9. The Morgan fingerprint density at radius 2 is 1.60 bits per heavy atom. The molecule has 1 aliphatic rings. The molecule has 15 heteroatoms. The van der Waals surface area contributed by atoms with Crippen molar-refractivity contribution in [3.8, 4) is 5.75 Å². The number of nitrogens with zero attached hydrogens (tertiary/aromatic N) is 3. The van der Waals surface area contributed by atoms with Crippen LogP contribution in [0.1, 0.15) is 17.0 Å². The fourth-order valence-corrected chi connectivity index (χ4v) is 6.06. The summed E-state index contributed by atoms with van der Waals surface area (Å²) >= 11 is 0.865. The molecule has 1 unspecified atom stereocenters. The van der Waals surface area contributed by atoms with E-state index in [1.807, 2.05) is 0 Å². The number of anilines is 1. The zero-order valence-corrected chi connectivity index (χ0v) is 24.4. The molecular formula is C30H23N5O9S. The number of amides is 1. The normalized spacial score (nSPS) is 14.5. The van der Waals surface area contributed by atoms with Crippen LogP contribution in [-0.2, 0) is 14.3 Å². The van der Waals surface area contributed by atoms with E-state index in [-0.39, 0.29) is 43.1 Å². The second kappa shape index (κ2) is 12.3. The monoisotopic (exact) mass is 629 g/mol. The molecule has 1 atom stereocenters. The van der Waals surface area contributed by atoms with Crippen molar-refractivity contribution in [3.05, 3.63) is 129 Å². The summed E-state index contributed by atoms with van der Waals surface area (Å²) in [6.45, 7) is 0. The third-order valence-electron chi connectivity index (χ3n) is 6.94. The van der Waals surface area contributed by atoms with Crippen LogP contribution in [0.5, 0.6) is 5.75 Å². The highest BCUT2D eigenvalue weighted by atomic mass is 32.1. The van der Waals surface area contributed by atoms with Gasteiger partial charge in [-0.3, -0.25) is 34.4 Å². The Balaban J connectivity index is 1.83. The first kappa shape index (κ1) is 30.4. The van der Waals surface area contributed by atoms with Gasteiger partial charge in [0.2, 0.25) is 0 Å². The Morgan fingerprint density at radius 1 is 0.956 bits per heavy atom. The van der Waals surface area contributed by atoms with Gasteiger partial charge in [-0.25, -0.2) is 4.79 Å². The van der Waals surface area contributed by atoms with E-state index in [2.05, 4.69) is 5.32 Å². The first-order chi connectivity index (χ1) is 21.5. The Hall–Kier alpha value is -6.09. The lowest BCUT2D eigenvalue weighted by atomic mass is 9.82. The van der Waals surface area contributed by atoms with Gasteiger partial charge in [0.25, 0.3) is 22.8 Å². The minimum atomic E-state index is -1.29. The summed E-state index contributed by atoms with van der Waals surface area (Å²) in [5, 5.41) is 25.7. The fraction of sp³-hybridized carbons (Fsp3) is 0.100. The van der Waals surface area contributed by atoms with Gasteiger partial charge < -0.3 is 20.5 Å². The van der Waals surface area contributed by atoms with Crippen LogP contribution in [0.25, 0.3) is 17.5 Å². The maximum absolute atomic E-state index is 14.1. The third-order valence-corrected chi connectivity index (χ3v) is 8.05. The molecule has 228 valence electrons. The van der Waals surface area contributed by atoms with E-state index in [1.54, 1.807) is 30.3 Å². The molecule has 3 N–H and O–H groups in total. The number of rotatable bonds is 8. The number of ether oxygens (including phenoxy) is 2. The van der Waals surface area contributed by atoms with Gasteiger partial charge in [-0.1, -0.05) is 24.3 Å². The number of nitro benzene ring substituents is 2. The lowest BCUT2D eigenvalue weighted by molar-refractivity contribution is -0.385. The topological polar surface area (TPSA) is 199 Å². The standard InChI is InChI=1S/C30H23N5O9S/c1-43-21-11-9-18(10-12-21)32-27(36)25-23(17-6-4-8-20(15-17)35(41)42)24(30(38)44-2)26(31)33-28(37)22(45-29(25)33)14-16-5-3-7-19(13-16)34(39)40/h3-15,23H,31H2,1-2H3,(H,32,36)/b22-14+. The molecule has 0 saturated carbocycles. The molecule has 0 bridgehead atoms. The minimum absolute atomic E-state index is 0.0457. The van der Waals surface area contributed by atoms with E-state index in [4.69, 9.17) is 15.2 Å². The summed E-state index contributed by atoms with van der Waals surface area (Å²) in [5.41, 5.74) is 5.71. The van der Waals surface area contributed by atoms with Crippen LogP contribution < -0.4 is 30.5 Å². The van der Waals surface area contributed by atoms with E-state index < -0.39 is 33.2 Å². The van der Waals surface area contributed by atoms with Crippen molar-refractivity contribution < 1.29 is 28.9 Å². The summed E-state index contributed by atoms with van der Waals surface area (Å²) in [7, 11) is 2.58. The summed E-state index contributed by atoms with van der Waals surface area (Å²) in [6.07, 6.45) is 1.40. The van der Waals surface area contributed by atoms with Crippen molar-refractivity contribution in [2.24, 2.45) is 5.73 Å². The number of carbonyl (C=O) groups is 2. The van der Waals surface area contributed by atoms with Crippen LogP contribution in [0.4, 0.5) is 17.1 Å². The van der Waals surface area contributed by atoms with Crippen molar-refractivity contribution in [2.45, 2.75) is 5.92 Å². The molecule has 1 aromatic heterocycles. The predicted octanol–water partition coefficient (Wildman–Crippen LogP) is 2.45. The molecule has 1 aliphatic heterocycles. The molecule has 0 spiro atoms. The highest BCUT2D eigenvalue weighted by Crippen LogP contribution is 2.38. The molecule has 1 amide bonds. The number of nitrogens with two attached hydrogens (primary N) is 1. The smallest absolute Gasteiger partial charge is 0.338 e. The Morgan fingerprint density at radius 3 is 2.22 bits per heavy atom. The molecule has 2 heterocycles. The number of nitrogens with one attached hydrogen (secondary N) is 1. The fourth-order valence-electron chi connectivity index (χ4n) is 4.88. The minimum Gasteiger partial charge on any atom is -0.497 e. The van der Waals surface area contributed by atoms with Crippen molar-refractivity contribution in [1.82, 2.24) is 4.57 Å². The van der Waals surface area contributed by atoms with Gasteiger partial charge in [-0.05, 0) is 41.5 Å². The van der Waals surface area contributed by atoms with E-state index in [1.165, 1.54) is 55.7 Å². The number of esters is 1. The molecule has 0 fully saturated rings. The number of hydrogen-bond donors (Lipinski definition) is 2. The number of aromatic nitrogens is 1.